The molecular weight excluding hydrogens is 432 g/mol. The zero-order valence-corrected chi connectivity index (χ0v) is 18.5. The van der Waals surface area contributed by atoms with E-state index in [2.05, 4.69) is 16.0 Å². The quantitative estimate of drug-likeness (QED) is 0.455. The Balaban J connectivity index is 1.57. The standard InChI is InChI=1S/C22H24N4O5S/c1-26(2)32(29,30)18-11-9-16(10-12-18)25-21(27)15-23-20-8-4-3-7-19(20)22(28)24-14-17-6-5-13-31-17/h3-13,23H,14-15H2,1-2H3,(H,24,28)(H,25,27). The van der Waals surface area contributed by atoms with Crippen LogP contribution in [0.2, 0.25) is 0 Å². The smallest absolute Gasteiger partial charge is 0.253 e. The van der Waals surface area contributed by atoms with Gasteiger partial charge in [-0.1, -0.05) is 12.1 Å². The van der Waals surface area contributed by atoms with Crippen LogP contribution in [0.3, 0.4) is 0 Å². The van der Waals surface area contributed by atoms with Gasteiger partial charge in [-0.2, -0.15) is 0 Å². The van der Waals surface area contributed by atoms with Gasteiger partial charge in [0.1, 0.15) is 5.76 Å². The molecule has 3 rings (SSSR count). The normalized spacial score (nSPS) is 11.2. The Bertz CT molecular complexity index is 1170. The number of para-hydroxylation sites is 1. The van der Waals surface area contributed by atoms with E-state index in [0.29, 0.717) is 22.7 Å². The molecule has 0 aliphatic rings. The summed E-state index contributed by atoms with van der Waals surface area (Å²) in [6.45, 7) is 0.167. The molecule has 0 unspecified atom stereocenters. The second-order valence-corrected chi connectivity index (χ2v) is 9.17. The van der Waals surface area contributed by atoms with Gasteiger partial charge in [0.25, 0.3) is 5.91 Å². The number of sulfonamides is 1. The average molecular weight is 457 g/mol. The number of furan rings is 1. The molecule has 0 radical (unpaired) electrons. The molecule has 1 heterocycles. The Morgan fingerprint density at radius 2 is 1.69 bits per heavy atom. The predicted octanol–water partition coefficient (Wildman–Crippen LogP) is 2.51. The highest BCUT2D eigenvalue weighted by molar-refractivity contribution is 7.89. The molecular formula is C22H24N4O5S. The first-order chi connectivity index (χ1) is 15.3. The zero-order chi connectivity index (χ0) is 23.1. The van der Waals surface area contributed by atoms with Gasteiger partial charge in [-0.15, -0.1) is 0 Å². The van der Waals surface area contributed by atoms with Crippen LogP contribution >= 0.6 is 0 Å². The second kappa shape index (κ2) is 10.1. The highest BCUT2D eigenvalue weighted by Gasteiger charge is 2.17. The van der Waals surface area contributed by atoms with Crippen LogP contribution in [-0.2, 0) is 21.4 Å². The maximum absolute atomic E-state index is 12.5. The van der Waals surface area contributed by atoms with E-state index in [1.807, 2.05) is 0 Å². The Hall–Kier alpha value is -3.63. The fourth-order valence-electron chi connectivity index (χ4n) is 2.81. The first kappa shape index (κ1) is 23.0. The van der Waals surface area contributed by atoms with Gasteiger partial charge in [0.2, 0.25) is 15.9 Å². The van der Waals surface area contributed by atoms with Crippen LogP contribution in [-0.4, -0.2) is 45.2 Å². The molecule has 0 atom stereocenters. The van der Waals surface area contributed by atoms with Crippen molar-refractivity contribution in [2.24, 2.45) is 0 Å². The molecule has 0 aliphatic heterocycles. The number of hydrogen-bond donors (Lipinski definition) is 3. The van der Waals surface area contributed by atoms with E-state index in [9.17, 15) is 18.0 Å². The molecule has 0 saturated carbocycles. The number of benzene rings is 2. The fourth-order valence-corrected chi connectivity index (χ4v) is 3.71. The molecule has 32 heavy (non-hydrogen) atoms. The van der Waals surface area contributed by atoms with E-state index < -0.39 is 10.0 Å². The summed E-state index contributed by atoms with van der Waals surface area (Å²) >= 11 is 0. The van der Waals surface area contributed by atoms with Crippen molar-refractivity contribution in [2.45, 2.75) is 11.4 Å². The molecule has 2 aromatic carbocycles. The molecule has 3 aromatic rings. The third kappa shape index (κ3) is 5.74. The van der Waals surface area contributed by atoms with Gasteiger partial charge in [-0.05, 0) is 48.5 Å². The van der Waals surface area contributed by atoms with Crippen molar-refractivity contribution < 1.29 is 22.4 Å². The summed E-state index contributed by atoms with van der Waals surface area (Å²) in [5.74, 6) is -0.0193. The zero-order valence-electron chi connectivity index (χ0n) is 17.7. The summed E-state index contributed by atoms with van der Waals surface area (Å²) in [4.78, 5) is 25.0. The van der Waals surface area contributed by atoms with E-state index in [-0.39, 0.29) is 29.8 Å². The minimum absolute atomic E-state index is 0.0831. The van der Waals surface area contributed by atoms with Gasteiger partial charge in [0.05, 0.1) is 29.8 Å². The third-order valence-electron chi connectivity index (χ3n) is 4.53. The fraction of sp³-hybridized carbons (Fsp3) is 0.182. The van der Waals surface area contributed by atoms with Crippen LogP contribution < -0.4 is 16.0 Å². The highest BCUT2D eigenvalue weighted by Crippen LogP contribution is 2.17. The maximum atomic E-state index is 12.5. The summed E-state index contributed by atoms with van der Waals surface area (Å²) in [6.07, 6.45) is 1.53. The number of hydrogen-bond acceptors (Lipinski definition) is 6. The monoisotopic (exact) mass is 456 g/mol. The lowest BCUT2D eigenvalue weighted by Crippen LogP contribution is -2.26. The highest BCUT2D eigenvalue weighted by atomic mass is 32.2. The van der Waals surface area contributed by atoms with Crippen molar-refractivity contribution >= 4 is 33.2 Å². The lowest BCUT2D eigenvalue weighted by Gasteiger charge is -2.13. The van der Waals surface area contributed by atoms with E-state index in [1.54, 1.807) is 36.4 Å². The molecule has 2 amide bonds. The molecule has 168 valence electrons. The van der Waals surface area contributed by atoms with Crippen LogP contribution in [0.15, 0.2) is 76.2 Å². The Labute approximate surface area is 186 Å². The summed E-state index contributed by atoms with van der Waals surface area (Å²) in [6, 6.07) is 16.2. The van der Waals surface area contributed by atoms with Gasteiger partial charge in [-0.3, -0.25) is 9.59 Å². The van der Waals surface area contributed by atoms with Gasteiger partial charge < -0.3 is 20.4 Å². The summed E-state index contributed by atoms with van der Waals surface area (Å²) < 4.78 is 30.6. The molecule has 0 fully saturated rings. The number of nitrogens with zero attached hydrogens (tertiary/aromatic N) is 1. The van der Waals surface area contributed by atoms with Crippen LogP contribution in [0, 0.1) is 0 Å². The van der Waals surface area contributed by atoms with Crippen molar-refractivity contribution in [1.29, 1.82) is 0 Å². The largest absolute Gasteiger partial charge is 0.467 e. The van der Waals surface area contributed by atoms with Gasteiger partial charge in [0.15, 0.2) is 0 Å². The van der Waals surface area contributed by atoms with Crippen molar-refractivity contribution in [3.8, 4) is 0 Å². The van der Waals surface area contributed by atoms with E-state index in [4.69, 9.17) is 4.42 Å². The summed E-state index contributed by atoms with van der Waals surface area (Å²) in [5, 5.41) is 8.42. The third-order valence-corrected chi connectivity index (χ3v) is 6.36. The Morgan fingerprint density at radius 3 is 2.34 bits per heavy atom. The number of nitrogens with one attached hydrogen (secondary N) is 3. The van der Waals surface area contributed by atoms with Crippen molar-refractivity contribution in [3.63, 3.8) is 0 Å². The van der Waals surface area contributed by atoms with Crippen molar-refractivity contribution in [3.05, 3.63) is 78.3 Å². The molecule has 10 heteroatoms. The van der Waals surface area contributed by atoms with E-state index in [0.717, 1.165) is 4.31 Å². The Morgan fingerprint density at radius 1 is 0.969 bits per heavy atom. The Kier molecular flexibility index (Phi) is 7.29. The SMILES string of the molecule is CN(C)S(=O)(=O)c1ccc(NC(=O)CNc2ccccc2C(=O)NCc2ccco2)cc1. The van der Waals surface area contributed by atoms with Gasteiger partial charge in [-0.25, -0.2) is 12.7 Å². The minimum atomic E-state index is -3.54. The van der Waals surface area contributed by atoms with E-state index >= 15 is 0 Å². The molecule has 1 aromatic heterocycles. The second-order valence-electron chi connectivity index (χ2n) is 7.02. The molecule has 0 spiro atoms. The van der Waals surface area contributed by atoms with Crippen LogP contribution in [0.1, 0.15) is 16.1 Å². The van der Waals surface area contributed by atoms with E-state index in [1.165, 1.54) is 44.6 Å². The molecule has 0 saturated heterocycles. The molecule has 0 aliphatic carbocycles. The number of amides is 2. The van der Waals surface area contributed by atoms with Crippen LogP contribution in [0.4, 0.5) is 11.4 Å². The first-order valence-electron chi connectivity index (χ1n) is 9.73. The molecule has 3 N–H and O–H groups in total. The summed E-state index contributed by atoms with van der Waals surface area (Å²) in [5.41, 5.74) is 1.36. The topological polar surface area (TPSA) is 121 Å². The number of carbonyl (C=O) groups is 2. The predicted molar refractivity (Wildman–Crippen MR) is 121 cm³/mol. The lowest BCUT2D eigenvalue weighted by molar-refractivity contribution is -0.114. The summed E-state index contributed by atoms with van der Waals surface area (Å²) in [7, 11) is -0.636. The van der Waals surface area contributed by atoms with Gasteiger partial charge >= 0.3 is 0 Å². The lowest BCUT2D eigenvalue weighted by atomic mass is 10.1. The number of carbonyl (C=O) groups excluding carboxylic acids is 2. The average Bonchev–Trinajstić information content (AvgIpc) is 3.30. The molecule has 0 bridgehead atoms. The van der Waals surface area contributed by atoms with Crippen LogP contribution in [0.25, 0.3) is 0 Å². The number of anilines is 2. The minimum Gasteiger partial charge on any atom is -0.467 e. The van der Waals surface area contributed by atoms with Crippen molar-refractivity contribution in [1.82, 2.24) is 9.62 Å². The first-order valence-corrected chi connectivity index (χ1v) is 11.2. The van der Waals surface area contributed by atoms with Gasteiger partial charge in [0, 0.05) is 25.5 Å². The number of rotatable bonds is 9. The van der Waals surface area contributed by atoms with Crippen LogP contribution in [0.5, 0.6) is 0 Å². The molecule has 9 nitrogen and oxygen atoms in total. The van der Waals surface area contributed by atoms with Crippen molar-refractivity contribution in [2.75, 3.05) is 31.3 Å². The maximum Gasteiger partial charge on any atom is 0.253 e.